The Kier molecular flexibility index (Phi) is 4.94. The number of hydrogen-bond acceptors (Lipinski definition) is 8. The maximum Gasteiger partial charge on any atom is 0.269 e. The number of nitrogens with one attached hydrogen (secondary N) is 1. The fraction of sp³-hybridized carbons (Fsp3) is 0.538. The zero-order valence-electron chi connectivity index (χ0n) is 11.8. The molecule has 0 saturated carbocycles. The second kappa shape index (κ2) is 6.55. The molecule has 1 aromatic rings. The molecule has 1 aliphatic rings. The maximum absolute atomic E-state index is 10.7. The Morgan fingerprint density at radius 1 is 1.41 bits per heavy atom. The van der Waals surface area contributed by atoms with Crippen molar-refractivity contribution in [3.8, 4) is 0 Å². The first-order chi connectivity index (χ1) is 10.3. The van der Waals surface area contributed by atoms with Crippen molar-refractivity contribution in [2.24, 2.45) is 0 Å². The van der Waals surface area contributed by atoms with Gasteiger partial charge in [-0.15, -0.1) is 0 Å². The molecule has 122 valence electrons. The van der Waals surface area contributed by atoms with Crippen molar-refractivity contribution in [1.29, 1.82) is 0 Å². The summed E-state index contributed by atoms with van der Waals surface area (Å²) in [5.74, 6) is 0. The van der Waals surface area contributed by atoms with E-state index in [2.05, 4.69) is 5.32 Å². The Bertz CT molecular complexity index is 553. The monoisotopic (exact) mass is 314 g/mol. The number of non-ortho nitro benzene ring substituents is 1. The van der Waals surface area contributed by atoms with Gasteiger partial charge < -0.3 is 30.5 Å². The van der Waals surface area contributed by atoms with E-state index in [1.165, 1.54) is 18.2 Å². The summed E-state index contributed by atoms with van der Waals surface area (Å²) in [7, 11) is 0. The number of anilines is 1. The molecule has 1 aliphatic heterocycles. The maximum atomic E-state index is 10.7. The first-order valence-corrected chi connectivity index (χ1v) is 6.67. The minimum Gasteiger partial charge on any atom is -0.394 e. The smallest absolute Gasteiger partial charge is 0.269 e. The van der Waals surface area contributed by atoms with Crippen LogP contribution in [0.3, 0.4) is 0 Å². The summed E-state index contributed by atoms with van der Waals surface area (Å²) in [6.07, 6.45) is -6.15. The zero-order valence-corrected chi connectivity index (χ0v) is 11.8. The number of nitro groups is 1. The lowest BCUT2D eigenvalue weighted by Crippen LogP contribution is -2.40. The van der Waals surface area contributed by atoms with E-state index in [-0.39, 0.29) is 5.69 Å². The number of ether oxygens (including phenoxy) is 1. The normalized spacial score (nSPS) is 29.3. The van der Waals surface area contributed by atoms with Gasteiger partial charge in [0.1, 0.15) is 24.4 Å². The van der Waals surface area contributed by atoms with Gasteiger partial charge in [-0.05, 0) is 18.6 Å². The lowest BCUT2D eigenvalue weighted by Gasteiger charge is -2.20. The number of aliphatic hydroxyl groups is 4. The topological polar surface area (TPSA) is 145 Å². The SMILES string of the molecule is Cc1cc([N+](=O)[O-])ccc1N[C@H]1O[C@H]([C@@H](O)CO)[C@H](O)[C@H]1O. The van der Waals surface area contributed by atoms with E-state index in [4.69, 9.17) is 9.84 Å². The number of nitrogens with zero attached hydrogens (tertiary/aromatic N) is 1. The first kappa shape index (κ1) is 16.6. The minimum atomic E-state index is -1.36. The summed E-state index contributed by atoms with van der Waals surface area (Å²) in [5.41, 5.74) is 0.983. The summed E-state index contributed by atoms with van der Waals surface area (Å²) < 4.78 is 5.32. The Morgan fingerprint density at radius 2 is 2.09 bits per heavy atom. The van der Waals surface area contributed by atoms with Gasteiger partial charge in [-0.2, -0.15) is 0 Å². The van der Waals surface area contributed by atoms with E-state index in [0.29, 0.717) is 11.3 Å². The molecule has 0 radical (unpaired) electrons. The van der Waals surface area contributed by atoms with Gasteiger partial charge in [0, 0.05) is 17.8 Å². The van der Waals surface area contributed by atoms with E-state index in [9.17, 15) is 25.4 Å². The van der Waals surface area contributed by atoms with Crippen LogP contribution in [0.5, 0.6) is 0 Å². The lowest BCUT2D eigenvalue weighted by molar-refractivity contribution is -0.384. The molecule has 0 aliphatic carbocycles. The van der Waals surface area contributed by atoms with Crippen LogP contribution in [0.25, 0.3) is 0 Å². The molecule has 0 spiro atoms. The number of rotatable bonds is 5. The van der Waals surface area contributed by atoms with Crippen LogP contribution in [0.15, 0.2) is 18.2 Å². The molecule has 5 N–H and O–H groups in total. The lowest BCUT2D eigenvalue weighted by atomic mass is 10.1. The third kappa shape index (κ3) is 3.18. The van der Waals surface area contributed by atoms with Crippen LogP contribution < -0.4 is 5.32 Å². The number of nitro benzene ring substituents is 1. The van der Waals surface area contributed by atoms with Crippen LogP contribution in [-0.2, 0) is 4.74 Å². The molecule has 0 aromatic heterocycles. The van der Waals surface area contributed by atoms with E-state index in [1.54, 1.807) is 6.92 Å². The zero-order chi connectivity index (χ0) is 16.4. The van der Waals surface area contributed by atoms with Crippen molar-refractivity contribution in [1.82, 2.24) is 0 Å². The number of aryl methyl sites for hydroxylation is 1. The van der Waals surface area contributed by atoms with Gasteiger partial charge in [0.05, 0.1) is 11.5 Å². The fourth-order valence-corrected chi connectivity index (χ4v) is 2.32. The highest BCUT2D eigenvalue weighted by Gasteiger charge is 2.45. The molecule has 9 nitrogen and oxygen atoms in total. The van der Waals surface area contributed by atoms with Crippen LogP contribution in [0.4, 0.5) is 11.4 Å². The molecule has 9 heteroatoms. The molecule has 22 heavy (non-hydrogen) atoms. The van der Waals surface area contributed by atoms with Gasteiger partial charge in [-0.3, -0.25) is 10.1 Å². The second-order valence-corrected chi connectivity index (χ2v) is 5.15. The highest BCUT2D eigenvalue weighted by Crippen LogP contribution is 2.28. The number of hydrogen-bond donors (Lipinski definition) is 5. The van der Waals surface area contributed by atoms with Crippen LogP contribution in [0.1, 0.15) is 5.56 Å². The Balaban J connectivity index is 2.12. The molecule has 1 heterocycles. The van der Waals surface area contributed by atoms with Crippen molar-refractivity contribution in [3.63, 3.8) is 0 Å². The van der Waals surface area contributed by atoms with Crippen molar-refractivity contribution in [3.05, 3.63) is 33.9 Å². The van der Waals surface area contributed by atoms with Gasteiger partial charge in [0.15, 0.2) is 6.23 Å². The molecule has 0 amide bonds. The quantitative estimate of drug-likeness (QED) is 0.348. The van der Waals surface area contributed by atoms with Gasteiger partial charge in [-0.25, -0.2) is 0 Å². The Hall–Kier alpha value is -1.78. The highest BCUT2D eigenvalue weighted by atomic mass is 16.6. The van der Waals surface area contributed by atoms with Crippen LogP contribution >= 0.6 is 0 Å². The van der Waals surface area contributed by atoms with Crippen LogP contribution in [0, 0.1) is 17.0 Å². The molecule has 1 saturated heterocycles. The predicted octanol–water partition coefficient (Wildman–Crippen LogP) is -0.885. The Labute approximate surface area is 125 Å². The fourth-order valence-electron chi connectivity index (χ4n) is 2.32. The summed E-state index contributed by atoms with van der Waals surface area (Å²) in [6, 6.07) is 4.12. The third-order valence-electron chi connectivity index (χ3n) is 3.59. The van der Waals surface area contributed by atoms with E-state index in [0.717, 1.165) is 0 Å². The molecular weight excluding hydrogens is 296 g/mol. The largest absolute Gasteiger partial charge is 0.394 e. The standard InChI is InChI=1S/C13H18N2O7/c1-6-4-7(15(20)21)2-3-8(6)14-13-11(19)10(18)12(22-13)9(17)5-16/h2-4,9-14,16-19H,5H2,1H3/t9-,10+,11+,12+,13-/m0/s1. The average Bonchev–Trinajstić information content (AvgIpc) is 2.76. The third-order valence-corrected chi connectivity index (χ3v) is 3.59. The molecule has 1 fully saturated rings. The van der Waals surface area contributed by atoms with Crippen molar-refractivity contribution >= 4 is 11.4 Å². The van der Waals surface area contributed by atoms with Gasteiger partial charge in [0.2, 0.25) is 0 Å². The van der Waals surface area contributed by atoms with E-state index >= 15 is 0 Å². The van der Waals surface area contributed by atoms with Gasteiger partial charge in [-0.1, -0.05) is 0 Å². The van der Waals surface area contributed by atoms with Crippen LogP contribution in [0.2, 0.25) is 0 Å². The number of benzene rings is 1. The summed E-state index contributed by atoms with van der Waals surface area (Å²) >= 11 is 0. The highest BCUT2D eigenvalue weighted by molar-refractivity contribution is 5.55. The molecule has 0 bridgehead atoms. The summed E-state index contributed by atoms with van der Waals surface area (Å²) in [4.78, 5) is 10.2. The van der Waals surface area contributed by atoms with Gasteiger partial charge in [0.25, 0.3) is 5.69 Å². The number of aliphatic hydroxyl groups excluding tert-OH is 4. The minimum absolute atomic E-state index is 0.0652. The van der Waals surface area contributed by atoms with E-state index in [1.807, 2.05) is 0 Å². The average molecular weight is 314 g/mol. The Morgan fingerprint density at radius 3 is 2.64 bits per heavy atom. The van der Waals surface area contributed by atoms with Gasteiger partial charge >= 0.3 is 0 Å². The van der Waals surface area contributed by atoms with Crippen LogP contribution in [-0.4, -0.2) is 62.6 Å². The molecule has 2 rings (SSSR count). The molecule has 0 unspecified atom stereocenters. The predicted molar refractivity (Wildman–Crippen MR) is 75.2 cm³/mol. The second-order valence-electron chi connectivity index (χ2n) is 5.15. The van der Waals surface area contributed by atoms with Crippen molar-refractivity contribution in [2.45, 2.75) is 37.6 Å². The molecular formula is C13H18N2O7. The summed E-state index contributed by atoms with van der Waals surface area (Å²) in [5, 5.41) is 51.7. The molecule has 5 atom stereocenters. The van der Waals surface area contributed by atoms with Crippen molar-refractivity contribution < 1.29 is 30.1 Å². The van der Waals surface area contributed by atoms with E-state index < -0.39 is 42.2 Å². The summed E-state index contributed by atoms with van der Waals surface area (Å²) in [6.45, 7) is 1.03. The van der Waals surface area contributed by atoms with Crippen molar-refractivity contribution in [2.75, 3.05) is 11.9 Å². The first-order valence-electron chi connectivity index (χ1n) is 6.67. The molecule has 1 aromatic carbocycles.